The lowest BCUT2D eigenvalue weighted by Gasteiger charge is -2.28. The number of likely N-dealkylation sites (N-methyl/N-ethyl adjacent to an activating group) is 1. The summed E-state index contributed by atoms with van der Waals surface area (Å²) < 4.78 is 0. The van der Waals surface area contributed by atoms with Gasteiger partial charge in [-0.15, -0.1) is 0 Å². The Labute approximate surface area is 146 Å². The first kappa shape index (κ1) is 17.2. The first-order valence-electron chi connectivity index (χ1n) is 8.74. The van der Waals surface area contributed by atoms with Crippen molar-refractivity contribution in [2.75, 3.05) is 13.6 Å². The number of aliphatic hydroxyl groups excluding tert-OH is 1. The van der Waals surface area contributed by atoms with Gasteiger partial charge in [0.15, 0.2) is 11.6 Å². The molecule has 0 radical (unpaired) electrons. The number of hydrogen-bond donors (Lipinski definition) is 3. The number of fused-ring (bicyclic) bond motifs is 1. The maximum Gasteiger partial charge on any atom is 0.259 e. The van der Waals surface area contributed by atoms with Crippen LogP contribution in [0.25, 0.3) is 16.5 Å². The molecule has 0 bridgehead atoms. The highest BCUT2D eigenvalue weighted by Crippen LogP contribution is 2.17. The van der Waals surface area contributed by atoms with Gasteiger partial charge in [-0.05, 0) is 37.8 Å². The Morgan fingerprint density at radius 3 is 2.80 bits per heavy atom. The normalized spacial score (nSPS) is 17.8. The Morgan fingerprint density at radius 1 is 1.36 bits per heavy atom. The number of para-hydroxylation sites is 1. The number of allylic oxidation sites excluding steroid dienone is 1. The van der Waals surface area contributed by atoms with E-state index >= 15 is 0 Å². The zero-order valence-corrected chi connectivity index (χ0v) is 14.4. The smallest absolute Gasteiger partial charge is 0.259 e. The number of nitrogens with one attached hydrogen (secondary N) is 2. The van der Waals surface area contributed by atoms with Crippen LogP contribution in [0.3, 0.4) is 0 Å². The molecule has 6 heteroatoms. The molecule has 2 aromatic rings. The lowest BCUT2D eigenvalue weighted by molar-refractivity contribution is -0.903. The topological polar surface area (TPSA) is 94.2 Å². The molecule has 1 heterocycles. The van der Waals surface area contributed by atoms with Crippen LogP contribution in [0.4, 0.5) is 0 Å². The standard InChI is InChI=1S/C19H22N4O2/c1-23(13-7-3-2-4-8-13)12-17(24)15(11-20)18-21-16-10-6-5-9-14(16)19(25)22-18/h5-6,9-10,13,24H,2-4,7-8,12H2,1H3,(H,21,22,25)/p+1/b17-15-. The van der Waals surface area contributed by atoms with Crippen molar-refractivity contribution in [2.24, 2.45) is 0 Å². The van der Waals surface area contributed by atoms with E-state index in [2.05, 4.69) is 9.97 Å². The number of H-pyrrole nitrogens is 1. The van der Waals surface area contributed by atoms with E-state index in [0.717, 1.165) is 12.8 Å². The minimum absolute atomic E-state index is 0.0241. The monoisotopic (exact) mass is 339 g/mol. The van der Waals surface area contributed by atoms with Gasteiger partial charge in [0.1, 0.15) is 18.2 Å². The second kappa shape index (κ2) is 7.49. The summed E-state index contributed by atoms with van der Waals surface area (Å²) in [5.41, 5.74) is 0.238. The molecule has 130 valence electrons. The van der Waals surface area contributed by atoms with E-state index < -0.39 is 0 Å². The highest BCUT2D eigenvalue weighted by atomic mass is 16.3. The lowest BCUT2D eigenvalue weighted by atomic mass is 9.94. The number of aromatic amines is 1. The van der Waals surface area contributed by atoms with Crippen molar-refractivity contribution < 1.29 is 10.0 Å². The molecule has 1 unspecified atom stereocenters. The molecule has 1 aromatic heterocycles. The third-order valence-electron chi connectivity index (χ3n) is 5.00. The highest BCUT2D eigenvalue weighted by molar-refractivity contribution is 5.81. The van der Waals surface area contributed by atoms with E-state index in [1.807, 2.05) is 13.1 Å². The van der Waals surface area contributed by atoms with Gasteiger partial charge in [0, 0.05) is 0 Å². The molecule has 1 saturated carbocycles. The number of aliphatic hydroxyl groups is 1. The molecule has 1 aliphatic rings. The Hall–Kier alpha value is -2.65. The van der Waals surface area contributed by atoms with Gasteiger partial charge in [0.05, 0.1) is 24.0 Å². The van der Waals surface area contributed by atoms with Crippen LogP contribution < -0.4 is 10.5 Å². The van der Waals surface area contributed by atoms with Gasteiger partial charge in [-0.2, -0.15) is 5.26 Å². The van der Waals surface area contributed by atoms with Crippen molar-refractivity contribution in [1.82, 2.24) is 9.97 Å². The number of benzene rings is 1. The number of nitrogens with zero attached hydrogens (tertiary/aromatic N) is 2. The Balaban J connectivity index is 1.91. The number of hydrogen-bond acceptors (Lipinski definition) is 4. The average molecular weight is 339 g/mol. The molecular weight excluding hydrogens is 316 g/mol. The first-order valence-corrected chi connectivity index (χ1v) is 8.74. The van der Waals surface area contributed by atoms with E-state index in [1.54, 1.807) is 24.3 Å². The van der Waals surface area contributed by atoms with Crippen LogP contribution >= 0.6 is 0 Å². The summed E-state index contributed by atoms with van der Waals surface area (Å²) in [5, 5.41) is 20.5. The molecular formula is C19H23N4O2+. The molecule has 1 aliphatic carbocycles. The fourth-order valence-electron chi connectivity index (χ4n) is 3.55. The van der Waals surface area contributed by atoms with Gasteiger partial charge in [-0.3, -0.25) is 4.79 Å². The summed E-state index contributed by atoms with van der Waals surface area (Å²) in [6.07, 6.45) is 6.00. The fourth-order valence-corrected chi connectivity index (χ4v) is 3.55. The van der Waals surface area contributed by atoms with Gasteiger partial charge < -0.3 is 15.0 Å². The van der Waals surface area contributed by atoms with Gasteiger partial charge >= 0.3 is 0 Å². The van der Waals surface area contributed by atoms with E-state index in [0.29, 0.717) is 23.5 Å². The summed E-state index contributed by atoms with van der Waals surface area (Å²) in [6.45, 7) is 0.351. The largest absolute Gasteiger partial charge is 0.506 e. The molecule has 0 amide bonds. The van der Waals surface area contributed by atoms with Crippen molar-refractivity contribution >= 4 is 16.5 Å². The number of rotatable bonds is 4. The van der Waals surface area contributed by atoms with E-state index in [9.17, 15) is 15.2 Å². The van der Waals surface area contributed by atoms with Crippen LogP contribution in [-0.2, 0) is 0 Å². The summed E-state index contributed by atoms with van der Waals surface area (Å²) in [5.74, 6) is 0.101. The molecule has 0 aliphatic heterocycles. The molecule has 1 atom stereocenters. The molecule has 6 nitrogen and oxygen atoms in total. The van der Waals surface area contributed by atoms with Crippen LogP contribution in [-0.4, -0.2) is 34.7 Å². The molecule has 1 fully saturated rings. The third-order valence-corrected chi connectivity index (χ3v) is 5.00. The number of aromatic nitrogens is 2. The highest BCUT2D eigenvalue weighted by Gasteiger charge is 2.24. The van der Waals surface area contributed by atoms with Crippen molar-refractivity contribution in [1.29, 1.82) is 5.26 Å². The maximum absolute atomic E-state index is 12.2. The summed E-state index contributed by atoms with van der Waals surface area (Å²) in [4.78, 5) is 20.3. The Bertz CT molecular complexity index is 888. The van der Waals surface area contributed by atoms with Crippen LogP contribution in [0.1, 0.15) is 37.9 Å². The van der Waals surface area contributed by atoms with Crippen LogP contribution in [0.15, 0.2) is 34.8 Å². The molecule has 0 spiro atoms. The predicted octanol–water partition coefficient (Wildman–Crippen LogP) is 1.56. The Morgan fingerprint density at radius 2 is 2.08 bits per heavy atom. The summed E-state index contributed by atoms with van der Waals surface area (Å²) in [6, 6.07) is 9.46. The molecule has 3 N–H and O–H groups in total. The van der Waals surface area contributed by atoms with E-state index in [4.69, 9.17) is 0 Å². The van der Waals surface area contributed by atoms with Crippen LogP contribution in [0, 0.1) is 11.3 Å². The second-order valence-electron chi connectivity index (χ2n) is 6.72. The zero-order chi connectivity index (χ0) is 17.8. The summed E-state index contributed by atoms with van der Waals surface area (Å²) in [7, 11) is 2.04. The molecule has 0 saturated heterocycles. The predicted molar refractivity (Wildman–Crippen MR) is 96.2 cm³/mol. The van der Waals surface area contributed by atoms with Crippen molar-refractivity contribution in [3.05, 3.63) is 46.2 Å². The number of nitriles is 1. The minimum atomic E-state index is -0.311. The van der Waals surface area contributed by atoms with Crippen LogP contribution in [0.2, 0.25) is 0 Å². The average Bonchev–Trinajstić information content (AvgIpc) is 2.63. The van der Waals surface area contributed by atoms with E-state index in [-0.39, 0.29) is 22.7 Å². The van der Waals surface area contributed by atoms with Crippen LogP contribution in [0.5, 0.6) is 0 Å². The summed E-state index contributed by atoms with van der Waals surface area (Å²) >= 11 is 0. The maximum atomic E-state index is 12.2. The molecule has 3 rings (SSSR count). The fraction of sp³-hybridized carbons (Fsp3) is 0.421. The zero-order valence-electron chi connectivity index (χ0n) is 14.4. The van der Waals surface area contributed by atoms with Crippen molar-refractivity contribution in [3.8, 4) is 6.07 Å². The van der Waals surface area contributed by atoms with Gasteiger partial charge in [0.25, 0.3) is 5.56 Å². The van der Waals surface area contributed by atoms with Crippen molar-refractivity contribution in [3.63, 3.8) is 0 Å². The minimum Gasteiger partial charge on any atom is -0.506 e. The van der Waals surface area contributed by atoms with Gasteiger partial charge in [-0.1, -0.05) is 18.6 Å². The SMILES string of the molecule is C[NH+](C/C(O)=C(\C#N)c1nc2ccccc2c(=O)[nH]1)C1CCCCC1. The Kier molecular flexibility index (Phi) is 5.15. The molecule has 25 heavy (non-hydrogen) atoms. The van der Waals surface area contributed by atoms with E-state index in [1.165, 1.54) is 24.2 Å². The molecule has 1 aromatic carbocycles. The van der Waals surface area contributed by atoms with Gasteiger partial charge in [-0.25, -0.2) is 4.98 Å². The quantitative estimate of drug-likeness (QED) is 0.582. The van der Waals surface area contributed by atoms with Crippen molar-refractivity contribution in [2.45, 2.75) is 38.1 Å². The number of quaternary nitrogens is 1. The third kappa shape index (κ3) is 3.72. The lowest BCUT2D eigenvalue weighted by Crippen LogP contribution is -3.13. The van der Waals surface area contributed by atoms with Gasteiger partial charge in [0.2, 0.25) is 0 Å². The first-order chi connectivity index (χ1) is 12.1. The second-order valence-corrected chi connectivity index (χ2v) is 6.72.